The Morgan fingerprint density at radius 1 is 0.138 bits per heavy atom. The van der Waals surface area contributed by atoms with Crippen molar-refractivity contribution in [3.05, 3.63) is 449 Å². The van der Waals surface area contributed by atoms with Gasteiger partial charge in [-0.2, -0.15) is 0 Å². The quantitative estimate of drug-likeness (QED) is 0.124. The second kappa shape index (κ2) is 30.4. The van der Waals surface area contributed by atoms with Crippen LogP contribution in [0.5, 0.6) is 0 Å². The normalized spacial score (nSPS) is 12.1. The molecule has 0 spiro atoms. The van der Waals surface area contributed by atoms with E-state index in [1.165, 1.54) is 91.6 Å². The van der Waals surface area contributed by atoms with Gasteiger partial charge in [0.15, 0.2) is 46.1 Å². The van der Waals surface area contributed by atoms with Gasteiger partial charge in [-0.05, 0) is 186 Å². The molecule has 12 nitrogen and oxygen atoms in total. The maximum Gasteiger partial charge on any atom is 0.164 e. The van der Waals surface area contributed by atoms with Gasteiger partial charge >= 0.3 is 0 Å². The van der Waals surface area contributed by atoms with E-state index in [4.69, 9.17) is 38.7 Å². The van der Waals surface area contributed by atoms with Gasteiger partial charge in [0.05, 0.1) is 44.1 Å². The van der Waals surface area contributed by atoms with Crippen molar-refractivity contribution >= 4 is 196 Å². The van der Waals surface area contributed by atoms with E-state index in [9.17, 15) is 0 Å². The Hall–Kier alpha value is -18.8. The Bertz CT molecular complexity index is 10200. The van der Waals surface area contributed by atoms with Gasteiger partial charge in [0.2, 0.25) is 0 Å². The molecule has 0 fully saturated rings. The molecule has 0 aliphatic carbocycles. The smallest absolute Gasteiger partial charge is 0.164 e. The van der Waals surface area contributed by atoms with E-state index in [1.54, 1.807) is 0 Å². The van der Waals surface area contributed by atoms with E-state index in [2.05, 4.69) is 358 Å². The second-order valence-corrected chi connectivity index (χ2v) is 35.8. The van der Waals surface area contributed by atoms with Crippen LogP contribution in [0.25, 0.3) is 287 Å². The maximum atomic E-state index is 6.71. The third-order valence-electron chi connectivity index (χ3n) is 28.3. The van der Waals surface area contributed by atoms with E-state index in [-0.39, 0.29) is 0 Å². The van der Waals surface area contributed by atoms with Crippen LogP contribution in [0.1, 0.15) is 0 Å². The molecule has 0 aliphatic rings. The lowest BCUT2D eigenvalue weighted by Crippen LogP contribution is -2.00. The highest BCUT2D eigenvalue weighted by Crippen LogP contribution is 2.49. The molecule has 0 aliphatic heterocycles. The first-order valence-electron chi connectivity index (χ1n) is 46.7. The number of furan rings is 2. The number of aromatic nitrogens is 10. The lowest BCUT2D eigenvalue weighted by atomic mass is 9.93. The number of hydrogen-bond donors (Lipinski definition) is 0. The Balaban J connectivity index is 0.000000133. The van der Waals surface area contributed by atoms with Crippen molar-refractivity contribution in [1.29, 1.82) is 0 Å². The number of hydrogen-bond acceptors (Lipinski definition) is 8. The van der Waals surface area contributed by atoms with Gasteiger partial charge in [-0.3, -0.25) is 0 Å². The Morgan fingerprint density at radius 3 is 0.732 bits per heavy atom. The topological polar surface area (TPSA) is 123 Å². The molecule has 0 atom stereocenters. The van der Waals surface area contributed by atoms with Crippen molar-refractivity contribution in [2.45, 2.75) is 0 Å². The Kier molecular flexibility index (Phi) is 16.9. The molecule has 0 bridgehead atoms. The van der Waals surface area contributed by atoms with Crippen LogP contribution in [0.2, 0.25) is 0 Å². The van der Waals surface area contributed by atoms with E-state index < -0.39 is 0 Å². The van der Waals surface area contributed by atoms with Crippen molar-refractivity contribution in [2.75, 3.05) is 0 Å². The summed E-state index contributed by atoms with van der Waals surface area (Å²) < 4.78 is 23.1. The minimum Gasteiger partial charge on any atom is -0.454 e. The summed E-state index contributed by atoms with van der Waals surface area (Å²) in [5, 5.41) is 28.1. The van der Waals surface area contributed by atoms with Gasteiger partial charge in [0, 0.05) is 121 Å². The van der Waals surface area contributed by atoms with E-state index in [1.807, 2.05) is 109 Å². The van der Waals surface area contributed by atoms with Crippen molar-refractivity contribution in [3.8, 4) is 91.1 Å². The van der Waals surface area contributed by atoms with Gasteiger partial charge in [-0.1, -0.05) is 328 Å². The standard InChI is InChI=1S/2C63H37N5O/c1-3-15-38(16-4-1)61-64-62(39-17-5-2-6-18-39)66-63(65-61)40-27-30-45-46-31-28-41(36-53(46)44-20-8-7-19-43(44)52(45)35-40)67-55-24-12-10-22-48(55)54-37-42(29-34-57(54)67)68-56-25-13-9-21-47(56)50-32-33-51-49-23-11-14-26-58(49)69-60(51)59(50)68;1-3-15-38(16-4-1)61-64-62(39-17-5-2-6-18-39)66-63(65-61)40-27-30-45-43-19-7-8-20-44(43)46-31-28-41(36-53(46)52(45)35-40)67-55-24-12-10-22-48(55)54-37-42(29-34-57(54)67)68-56-25-13-9-21-47(56)50-32-33-51-49-23-11-14-26-58(49)69-60(51)59(50)68/h2*1-37H. The molecule has 8 heterocycles. The zero-order chi connectivity index (χ0) is 90.3. The van der Waals surface area contributed by atoms with Crippen LogP contribution in [0.15, 0.2) is 458 Å². The minimum absolute atomic E-state index is 0.629. The number of nitrogens with zero attached hydrogens (tertiary/aromatic N) is 10. The van der Waals surface area contributed by atoms with Crippen LogP contribution < -0.4 is 0 Å². The van der Waals surface area contributed by atoms with E-state index >= 15 is 0 Å². The molecular weight excluding hydrogens is 1690 g/mol. The SMILES string of the molecule is c1ccc(-c2nc(-c3ccccc3)nc(-c3ccc4c5ccc(-n6c7ccccc7c7cc(-n8c9ccccc9c9ccc%10c%11ccccc%11oc%10c98)ccc76)cc5c5ccccc5c4c3)n2)cc1.c1ccc(-c2nc(-c3ccccc3)nc(-c3ccc4c5ccccc5c5ccc(-n6c7ccccc7c7cc(-n8c9ccccc9c9ccc%10c%11ccccc%11oc%10c98)ccc76)cc5c4c3)n2)cc1. The lowest BCUT2D eigenvalue weighted by molar-refractivity contribution is 0.670. The van der Waals surface area contributed by atoms with Crippen LogP contribution in [0.3, 0.4) is 0 Å². The molecule has 12 heteroatoms. The van der Waals surface area contributed by atoms with Crippen molar-refractivity contribution in [1.82, 2.24) is 48.2 Å². The molecule has 0 radical (unpaired) electrons. The molecule has 0 unspecified atom stereocenters. The minimum atomic E-state index is 0.629. The molecule has 0 amide bonds. The summed E-state index contributed by atoms with van der Waals surface area (Å²) in [6, 6.07) is 160. The summed E-state index contributed by atoms with van der Waals surface area (Å²) in [5.41, 5.74) is 22.6. The second-order valence-electron chi connectivity index (χ2n) is 35.8. The van der Waals surface area contributed by atoms with Crippen LogP contribution >= 0.6 is 0 Å². The molecule has 0 saturated carbocycles. The van der Waals surface area contributed by atoms with Gasteiger partial charge in [-0.15, -0.1) is 0 Å². The largest absolute Gasteiger partial charge is 0.454 e. The lowest BCUT2D eigenvalue weighted by Gasteiger charge is -2.15. The maximum absolute atomic E-state index is 6.71. The molecule has 30 rings (SSSR count). The van der Waals surface area contributed by atoms with E-state index in [0.29, 0.717) is 34.9 Å². The first-order chi connectivity index (χ1) is 68.4. The van der Waals surface area contributed by atoms with Crippen molar-refractivity contribution in [3.63, 3.8) is 0 Å². The summed E-state index contributed by atoms with van der Waals surface area (Å²) >= 11 is 0. The third-order valence-corrected chi connectivity index (χ3v) is 28.3. The molecule has 640 valence electrons. The predicted octanol–water partition coefficient (Wildman–Crippen LogP) is 32.9. The predicted molar refractivity (Wildman–Crippen MR) is 569 cm³/mol. The summed E-state index contributed by atoms with van der Waals surface area (Å²) in [4.78, 5) is 30.3. The number of rotatable bonds is 10. The summed E-state index contributed by atoms with van der Waals surface area (Å²) in [7, 11) is 0. The first-order valence-corrected chi connectivity index (χ1v) is 46.7. The molecule has 30 aromatic rings. The van der Waals surface area contributed by atoms with Gasteiger partial charge in [0.25, 0.3) is 0 Å². The number of benzene rings is 22. The van der Waals surface area contributed by atoms with Crippen molar-refractivity contribution in [2.24, 2.45) is 0 Å². The highest BCUT2D eigenvalue weighted by atomic mass is 16.3. The number of fused-ring (bicyclic) bond motifs is 32. The molecule has 22 aromatic carbocycles. The van der Waals surface area contributed by atoms with Crippen LogP contribution in [-0.4, -0.2) is 48.2 Å². The fourth-order valence-electron chi connectivity index (χ4n) is 22.1. The van der Waals surface area contributed by atoms with Gasteiger partial charge in [-0.25, -0.2) is 29.9 Å². The van der Waals surface area contributed by atoms with Crippen molar-refractivity contribution < 1.29 is 8.83 Å². The molecule has 138 heavy (non-hydrogen) atoms. The molecular formula is C126H74N10O2. The summed E-state index contributed by atoms with van der Waals surface area (Å²) in [5.74, 6) is 3.84. The van der Waals surface area contributed by atoms with Crippen LogP contribution in [-0.2, 0) is 0 Å². The van der Waals surface area contributed by atoms with Crippen LogP contribution in [0.4, 0.5) is 0 Å². The Morgan fingerprint density at radius 2 is 0.362 bits per heavy atom. The highest BCUT2D eigenvalue weighted by Gasteiger charge is 2.27. The molecule has 0 N–H and O–H groups in total. The highest BCUT2D eigenvalue weighted by molar-refractivity contribution is 6.29. The fourth-order valence-corrected chi connectivity index (χ4v) is 22.1. The average Bonchev–Trinajstić information content (AvgIpc) is 1.52. The third kappa shape index (κ3) is 11.9. The van der Waals surface area contributed by atoms with Crippen LogP contribution in [0, 0.1) is 0 Å². The Labute approximate surface area is 787 Å². The van der Waals surface area contributed by atoms with Gasteiger partial charge < -0.3 is 27.1 Å². The van der Waals surface area contributed by atoms with E-state index in [0.717, 1.165) is 160 Å². The number of para-hydroxylation sites is 6. The zero-order valence-electron chi connectivity index (χ0n) is 74.0. The molecule has 8 aromatic heterocycles. The summed E-state index contributed by atoms with van der Waals surface area (Å²) in [6.45, 7) is 0. The fraction of sp³-hybridized carbons (Fsp3) is 0. The molecule has 0 saturated heterocycles. The zero-order valence-corrected chi connectivity index (χ0v) is 74.0. The average molecular weight is 1760 g/mol. The monoisotopic (exact) mass is 1760 g/mol. The first kappa shape index (κ1) is 76.9. The summed E-state index contributed by atoms with van der Waals surface area (Å²) in [6.07, 6.45) is 0. The van der Waals surface area contributed by atoms with Gasteiger partial charge in [0.1, 0.15) is 11.2 Å².